The van der Waals surface area contributed by atoms with Gasteiger partial charge in [-0.25, -0.2) is 0 Å². The Morgan fingerprint density at radius 1 is 0.923 bits per heavy atom. The number of ether oxygens (including phenoxy) is 2. The minimum Gasteiger partial charge on any atom is -0.493 e. The first kappa shape index (κ1) is 19.3. The Hall–Kier alpha value is -3.02. The molecule has 0 spiro atoms. The largest absolute Gasteiger partial charge is 0.493 e. The van der Waals surface area contributed by atoms with E-state index in [0.29, 0.717) is 41.4 Å². The fourth-order valence-corrected chi connectivity index (χ4v) is 2.60. The van der Waals surface area contributed by atoms with Crippen LogP contribution >= 0.6 is 0 Å². The smallest absolute Gasteiger partial charge is 0.255 e. The topological polar surface area (TPSA) is 67.9 Å². The van der Waals surface area contributed by atoms with E-state index < -0.39 is 0 Å². The van der Waals surface area contributed by atoms with E-state index in [4.69, 9.17) is 9.47 Å². The van der Waals surface area contributed by atoms with Crippen molar-refractivity contribution in [2.24, 2.45) is 0 Å². The monoisotopic (exact) mass is 356 g/mol. The van der Waals surface area contributed by atoms with Crippen LogP contribution in [-0.4, -0.2) is 44.0 Å². The zero-order valence-electron chi connectivity index (χ0n) is 15.5. The summed E-state index contributed by atoms with van der Waals surface area (Å²) in [5, 5.41) is 2.81. The van der Waals surface area contributed by atoms with Crippen molar-refractivity contribution < 1.29 is 19.1 Å². The highest BCUT2D eigenvalue weighted by molar-refractivity contribution is 6.06. The molecule has 2 aromatic rings. The molecule has 0 aliphatic rings. The van der Waals surface area contributed by atoms with Crippen molar-refractivity contribution in [3.8, 4) is 11.5 Å². The average molecular weight is 356 g/mol. The van der Waals surface area contributed by atoms with Crippen molar-refractivity contribution in [3.05, 3.63) is 53.6 Å². The molecule has 26 heavy (non-hydrogen) atoms. The molecule has 0 atom stereocenters. The lowest BCUT2D eigenvalue weighted by atomic mass is 10.1. The molecular formula is C20H24N2O4. The summed E-state index contributed by atoms with van der Waals surface area (Å²) in [5.74, 6) is 0.718. The minimum atomic E-state index is -0.300. The predicted molar refractivity (Wildman–Crippen MR) is 101 cm³/mol. The highest BCUT2D eigenvalue weighted by Crippen LogP contribution is 2.29. The van der Waals surface area contributed by atoms with Crippen LogP contribution in [0.25, 0.3) is 0 Å². The zero-order chi connectivity index (χ0) is 19.1. The van der Waals surface area contributed by atoms with Crippen molar-refractivity contribution in [2.45, 2.75) is 13.8 Å². The average Bonchev–Trinajstić information content (AvgIpc) is 2.68. The van der Waals surface area contributed by atoms with Gasteiger partial charge in [0.05, 0.1) is 14.2 Å². The summed E-state index contributed by atoms with van der Waals surface area (Å²) in [7, 11) is 3.08. The molecule has 0 saturated heterocycles. The van der Waals surface area contributed by atoms with E-state index in [1.165, 1.54) is 7.11 Å². The number of nitrogens with one attached hydrogen (secondary N) is 1. The van der Waals surface area contributed by atoms with Gasteiger partial charge in [0.25, 0.3) is 11.8 Å². The number of carbonyl (C=O) groups excluding carboxylic acids is 2. The number of anilines is 1. The van der Waals surface area contributed by atoms with E-state index in [1.807, 2.05) is 13.8 Å². The Kier molecular flexibility index (Phi) is 6.60. The first-order chi connectivity index (χ1) is 12.5. The Balaban J connectivity index is 2.20. The molecule has 6 heteroatoms. The van der Waals surface area contributed by atoms with Gasteiger partial charge in [-0.15, -0.1) is 0 Å². The molecule has 0 heterocycles. The van der Waals surface area contributed by atoms with Crippen LogP contribution in [0.2, 0.25) is 0 Å². The van der Waals surface area contributed by atoms with Gasteiger partial charge in [-0.2, -0.15) is 0 Å². The van der Waals surface area contributed by atoms with Gasteiger partial charge in [-0.05, 0) is 44.2 Å². The Morgan fingerprint density at radius 2 is 1.58 bits per heavy atom. The number of benzene rings is 2. The van der Waals surface area contributed by atoms with Crippen molar-refractivity contribution >= 4 is 17.5 Å². The van der Waals surface area contributed by atoms with E-state index in [0.717, 1.165) is 0 Å². The zero-order valence-corrected chi connectivity index (χ0v) is 15.5. The lowest BCUT2D eigenvalue weighted by Crippen LogP contribution is -2.30. The van der Waals surface area contributed by atoms with Crippen LogP contribution in [0.3, 0.4) is 0 Å². The van der Waals surface area contributed by atoms with E-state index in [-0.39, 0.29) is 11.8 Å². The van der Waals surface area contributed by atoms with Crippen LogP contribution in [-0.2, 0) is 0 Å². The Bertz CT molecular complexity index is 785. The first-order valence-electron chi connectivity index (χ1n) is 8.46. The van der Waals surface area contributed by atoms with Gasteiger partial charge in [-0.1, -0.05) is 6.07 Å². The molecule has 0 radical (unpaired) electrons. The maximum atomic E-state index is 12.5. The summed E-state index contributed by atoms with van der Waals surface area (Å²) in [4.78, 5) is 26.7. The molecule has 0 aromatic heterocycles. The minimum absolute atomic E-state index is 0.0873. The number of nitrogens with zero attached hydrogens (tertiary/aromatic N) is 1. The van der Waals surface area contributed by atoms with Crippen LogP contribution in [0.4, 0.5) is 5.69 Å². The summed E-state index contributed by atoms with van der Waals surface area (Å²) in [6.07, 6.45) is 0. The van der Waals surface area contributed by atoms with Crippen LogP contribution in [0.5, 0.6) is 11.5 Å². The molecule has 0 aliphatic carbocycles. The quantitative estimate of drug-likeness (QED) is 0.825. The third-order valence-electron chi connectivity index (χ3n) is 4.06. The van der Waals surface area contributed by atoms with E-state index in [2.05, 4.69) is 5.32 Å². The van der Waals surface area contributed by atoms with Crippen LogP contribution in [0.1, 0.15) is 34.6 Å². The summed E-state index contributed by atoms with van der Waals surface area (Å²) in [5.41, 5.74) is 1.49. The maximum Gasteiger partial charge on any atom is 0.255 e. The van der Waals surface area contributed by atoms with Gasteiger partial charge >= 0.3 is 0 Å². The number of hydrogen-bond acceptors (Lipinski definition) is 4. The van der Waals surface area contributed by atoms with Gasteiger partial charge in [0.2, 0.25) is 0 Å². The number of hydrogen-bond donors (Lipinski definition) is 1. The van der Waals surface area contributed by atoms with E-state index in [1.54, 1.807) is 54.5 Å². The summed E-state index contributed by atoms with van der Waals surface area (Å²) < 4.78 is 10.4. The molecule has 2 rings (SSSR count). The lowest BCUT2D eigenvalue weighted by molar-refractivity contribution is 0.0773. The number of rotatable bonds is 7. The van der Waals surface area contributed by atoms with Gasteiger partial charge in [0, 0.05) is 36.0 Å². The van der Waals surface area contributed by atoms with Crippen LogP contribution < -0.4 is 14.8 Å². The van der Waals surface area contributed by atoms with Crippen molar-refractivity contribution in [3.63, 3.8) is 0 Å². The molecule has 0 fully saturated rings. The number of methoxy groups -OCH3 is 2. The first-order valence-corrected chi connectivity index (χ1v) is 8.46. The van der Waals surface area contributed by atoms with Crippen molar-refractivity contribution in [1.29, 1.82) is 0 Å². The van der Waals surface area contributed by atoms with E-state index >= 15 is 0 Å². The molecule has 1 N–H and O–H groups in total. The molecule has 0 unspecified atom stereocenters. The van der Waals surface area contributed by atoms with Crippen molar-refractivity contribution in [2.75, 3.05) is 32.6 Å². The fourth-order valence-electron chi connectivity index (χ4n) is 2.60. The number of carbonyl (C=O) groups is 2. The van der Waals surface area contributed by atoms with Crippen molar-refractivity contribution in [1.82, 2.24) is 4.90 Å². The van der Waals surface area contributed by atoms with Crippen LogP contribution in [0, 0.1) is 0 Å². The normalized spacial score (nSPS) is 10.2. The molecule has 6 nitrogen and oxygen atoms in total. The highest BCUT2D eigenvalue weighted by Gasteiger charge is 2.15. The molecule has 0 bridgehead atoms. The lowest BCUT2D eigenvalue weighted by Gasteiger charge is -2.18. The molecule has 0 aliphatic heterocycles. The molecular weight excluding hydrogens is 332 g/mol. The van der Waals surface area contributed by atoms with Gasteiger partial charge in [-0.3, -0.25) is 9.59 Å². The summed E-state index contributed by atoms with van der Waals surface area (Å²) in [6, 6.07) is 11.8. The standard InChI is InChI=1S/C20H24N2O4/c1-5-22(6-2)20(24)15-9-7-8-14(12-15)19(23)21-16-10-11-17(25-3)18(13-16)26-4/h7-13H,5-6H2,1-4H3,(H,21,23). The summed E-state index contributed by atoms with van der Waals surface area (Å²) in [6.45, 7) is 5.10. The Morgan fingerprint density at radius 3 is 2.19 bits per heavy atom. The third-order valence-corrected chi connectivity index (χ3v) is 4.06. The maximum absolute atomic E-state index is 12.5. The highest BCUT2D eigenvalue weighted by atomic mass is 16.5. The predicted octanol–water partition coefficient (Wildman–Crippen LogP) is 3.44. The van der Waals surface area contributed by atoms with Gasteiger partial charge in [0.15, 0.2) is 11.5 Å². The SMILES string of the molecule is CCN(CC)C(=O)c1cccc(C(=O)Nc2ccc(OC)c(OC)c2)c1. The molecule has 2 aromatic carbocycles. The second-order valence-corrected chi connectivity index (χ2v) is 5.58. The molecule has 2 amide bonds. The Labute approximate surface area is 153 Å². The number of amides is 2. The second-order valence-electron chi connectivity index (χ2n) is 5.58. The van der Waals surface area contributed by atoms with E-state index in [9.17, 15) is 9.59 Å². The fraction of sp³-hybridized carbons (Fsp3) is 0.300. The van der Waals surface area contributed by atoms with Gasteiger partial charge < -0.3 is 19.7 Å². The second kappa shape index (κ2) is 8.89. The van der Waals surface area contributed by atoms with Crippen LogP contribution in [0.15, 0.2) is 42.5 Å². The molecule has 0 saturated carbocycles. The summed E-state index contributed by atoms with van der Waals surface area (Å²) >= 11 is 0. The third kappa shape index (κ3) is 4.33. The molecule has 138 valence electrons. The van der Waals surface area contributed by atoms with Gasteiger partial charge in [0.1, 0.15) is 0 Å².